The van der Waals surface area contributed by atoms with Gasteiger partial charge in [-0.3, -0.25) is 9.59 Å². The van der Waals surface area contributed by atoms with Crippen LogP contribution in [0.4, 0.5) is 0 Å². The van der Waals surface area contributed by atoms with Crippen LogP contribution in [-0.4, -0.2) is 46.5 Å². The summed E-state index contributed by atoms with van der Waals surface area (Å²) in [5, 5.41) is 13.1. The van der Waals surface area contributed by atoms with Gasteiger partial charge in [-0.1, -0.05) is 73.6 Å². The number of Topliss-reactive ketones (excluding diaryl/α,β-unsaturated/α-hetero) is 1. The molecule has 216 valence electrons. The van der Waals surface area contributed by atoms with Crippen LogP contribution in [0.5, 0.6) is 0 Å². The number of hydrogen-bond donors (Lipinski definition) is 1. The summed E-state index contributed by atoms with van der Waals surface area (Å²) < 4.78 is 13.2. The van der Waals surface area contributed by atoms with Gasteiger partial charge in [0.2, 0.25) is 0 Å². The van der Waals surface area contributed by atoms with Crippen molar-refractivity contribution in [3.05, 3.63) is 51.0 Å². The molecule has 6 rings (SSSR count). The van der Waals surface area contributed by atoms with Gasteiger partial charge in [0.05, 0.1) is 28.0 Å². The van der Waals surface area contributed by atoms with Gasteiger partial charge < -0.3 is 14.6 Å². The Morgan fingerprint density at radius 3 is 2.62 bits per heavy atom. The minimum absolute atomic E-state index is 0.0168. The topological polar surface area (TPSA) is 72.8 Å². The van der Waals surface area contributed by atoms with E-state index in [-0.39, 0.29) is 46.6 Å². The van der Waals surface area contributed by atoms with Crippen molar-refractivity contribution in [2.75, 3.05) is 5.75 Å². The van der Waals surface area contributed by atoms with Crippen molar-refractivity contribution in [1.82, 2.24) is 0 Å². The fraction of sp³-hybridized carbons (Fsp3) is 0.613. The van der Waals surface area contributed by atoms with Gasteiger partial charge in [-0.15, -0.1) is 11.8 Å². The summed E-state index contributed by atoms with van der Waals surface area (Å²) in [5.41, 5.74) is -1.05. The monoisotopic (exact) mass is 624 g/mol. The molecule has 9 heteroatoms. The number of aliphatic hydroxyl groups is 1. The Morgan fingerprint density at radius 1 is 1.20 bits per heavy atom. The molecule has 5 aliphatic rings. The van der Waals surface area contributed by atoms with Crippen molar-refractivity contribution in [2.24, 2.45) is 28.6 Å². The molecule has 3 saturated carbocycles. The lowest BCUT2D eigenvalue weighted by Crippen LogP contribution is -2.63. The van der Waals surface area contributed by atoms with Crippen LogP contribution >= 0.6 is 46.6 Å². The average Bonchev–Trinajstić information content (AvgIpc) is 3.35. The number of rotatable bonds is 6. The first kappa shape index (κ1) is 29.2. The van der Waals surface area contributed by atoms with Crippen LogP contribution in [0.3, 0.4) is 0 Å². The molecule has 40 heavy (non-hydrogen) atoms. The second-order valence-electron chi connectivity index (χ2n) is 12.6. The van der Waals surface area contributed by atoms with Gasteiger partial charge in [0, 0.05) is 26.7 Å². The number of carbonyl (C=O) groups excluding carboxylic acids is 2. The number of fused-ring (bicyclic) bond motifs is 7. The molecule has 6 unspecified atom stereocenters. The van der Waals surface area contributed by atoms with Crippen molar-refractivity contribution in [3.63, 3.8) is 0 Å². The van der Waals surface area contributed by atoms with Crippen LogP contribution in [0.15, 0.2) is 40.8 Å². The maximum absolute atomic E-state index is 14.4. The Kier molecular flexibility index (Phi) is 7.59. The van der Waals surface area contributed by atoms with Gasteiger partial charge in [0.15, 0.2) is 23.5 Å². The highest BCUT2D eigenvalue weighted by molar-refractivity contribution is 8.00. The number of carbonyl (C=O) groups is 2. The zero-order valence-electron chi connectivity index (χ0n) is 22.9. The van der Waals surface area contributed by atoms with E-state index in [1.165, 1.54) is 11.8 Å². The van der Waals surface area contributed by atoms with E-state index >= 15 is 0 Å². The highest BCUT2D eigenvalue weighted by Gasteiger charge is 2.75. The largest absolute Gasteiger partial charge is 0.393 e. The summed E-state index contributed by atoms with van der Waals surface area (Å²) in [4.78, 5) is 27.2. The van der Waals surface area contributed by atoms with Gasteiger partial charge in [-0.2, -0.15) is 0 Å². The number of aliphatic hydroxyl groups excluding tert-OH is 1. The van der Waals surface area contributed by atoms with Crippen LogP contribution < -0.4 is 0 Å². The summed E-state index contributed by atoms with van der Waals surface area (Å²) >= 11 is 20.3. The number of allylic oxidation sites excluding steroid dienone is 4. The third-order valence-corrected chi connectivity index (χ3v) is 12.7. The molecule has 1 aliphatic heterocycles. The van der Waals surface area contributed by atoms with E-state index in [0.29, 0.717) is 39.2 Å². The lowest BCUT2D eigenvalue weighted by atomic mass is 9.46. The molecular weight excluding hydrogens is 591 g/mol. The highest BCUT2D eigenvalue weighted by atomic mass is 35.5. The van der Waals surface area contributed by atoms with Crippen LogP contribution in [-0.2, 0) is 19.1 Å². The van der Waals surface area contributed by atoms with E-state index in [0.717, 1.165) is 24.8 Å². The van der Waals surface area contributed by atoms with Crippen LogP contribution in [0.1, 0.15) is 59.3 Å². The Labute approximate surface area is 255 Å². The van der Waals surface area contributed by atoms with Crippen molar-refractivity contribution >= 4 is 58.1 Å². The number of ether oxygens (including phenoxy) is 2. The van der Waals surface area contributed by atoms with Crippen molar-refractivity contribution in [3.8, 4) is 0 Å². The number of hydrogen-bond acceptors (Lipinski definition) is 6. The van der Waals surface area contributed by atoms with E-state index in [1.54, 1.807) is 24.3 Å². The fourth-order valence-corrected chi connectivity index (χ4v) is 10.9. The number of thioether (sulfide) groups is 1. The average molecular weight is 626 g/mol. The fourth-order valence-electron chi connectivity index (χ4n) is 8.92. The van der Waals surface area contributed by atoms with Gasteiger partial charge in [0.1, 0.15) is 0 Å². The maximum atomic E-state index is 14.4. The normalized spacial score (nSPS) is 41.7. The lowest BCUT2D eigenvalue weighted by molar-refractivity contribution is -0.197. The molecule has 1 saturated heterocycles. The predicted molar refractivity (Wildman–Crippen MR) is 158 cm³/mol. The molecule has 0 bridgehead atoms. The molecule has 0 aromatic heterocycles. The number of benzene rings is 1. The number of halogens is 3. The number of ketones is 2. The van der Waals surface area contributed by atoms with Crippen LogP contribution in [0.2, 0.25) is 15.1 Å². The van der Waals surface area contributed by atoms with E-state index in [4.69, 9.17) is 44.3 Å². The zero-order valence-corrected chi connectivity index (χ0v) is 26.0. The lowest BCUT2D eigenvalue weighted by Gasteiger charge is -2.59. The molecule has 4 aliphatic carbocycles. The Bertz CT molecular complexity index is 1290. The third-order valence-electron chi connectivity index (χ3n) is 10.5. The van der Waals surface area contributed by atoms with Crippen molar-refractivity contribution < 1.29 is 24.2 Å². The molecule has 0 radical (unpaired) electrons. The van der Waals surface area contributed by atoms with Crippen LogP contribution in [0, 0.1) is 28.6 Å². The third kappa shape index (κ3) is 4.23. The first-order valence-electron chi connectivity index (χ1n) is 14.2. The Balaban J connectivity index is 1.35. The molecule has 1 aromatic rings. The molecule has 5 nitrogen and oxygen atoms in total. The quantitative estimate of drug-likeness (QED) is 0.331. The second-order valence-corrected chi connectivity index (χ2v) is 14.8. The highest BCUT2D eigenvalue weighted by Crippen LogP contribution is 2.70. The predicted octanol–water partition coefficient (Wildman–Crippen LogP) is 7.48. The molecule has 1 N–H and O–H groups in total. The Hall–Kier alpha value is -0.860. The van der Waals surface area contributed by atoms with E-state index in [9.17, 15) is 14.7 Å². The van der Waals surface area contributed by atoms with E-state index < -0.39 is 23.4 Å². The van der Waals surface area contributed by atoms with Crippen LogP contribution in [0.25, 0.3) is 0 Å². The van der Waals surface area contributed by atoms with Crippen molar-refractivity contribution in [2.45, 2.75) is 88.3 Å². The minimum atomic E-state index is -1.17. The maximum Gasteiger partial charge on any atom is 0.178 e. The molecule has 0 spiro atoms. The van der Waals surface area contributed by atoms with E-state index in [1.807, 2.05) is 6.08 Å². The van der Waals surface area contributed by atoms with Gasteiger partial charge in [-0.25, -0.2) is 0 Å². The first-order chi connectivity index (χ1) is 18.9. The molecule has 1 heterocycles. The summed E-state index contributed by atoms with van der Waals surface area (Å²) in [6, 6.07) is 3.25. The smallest absolute Gasteiger partial charge is 0.178 e. The molecule has 0 amide bonds. The molecule has 4 fully saturated rings. The standard InChI is InChI=1S/C31H35Cl3O5S/c1-4-5-26-38-25-13-20-19-7-6-16-10-18(35)8-9-29(16,2)27(19)23(36)14-30(20,3)31(25,39-26)24(37)15-40-28-21(33)11-17(32)12-22(28)34/h8-12,19-20,23,25-27,36H,4-7,13-15H2,1-3H3/t19?,20?,23-,25+,26?,27?,29?,30?,31+/m0/s1. The first-order valence-corrected chi connectivity index (χ1v) is 16.3. The minimum Gasteiger partial charge on any atom is -0.393 e. The van der Waals surface area contributed by atoms with Gasteiger partial charge >= 0.3 is 0 Å². The van der Waals surface area contributed by atoms with Crippen molar-refractivity contribution in [1.29, 1.82) is 0 Å². The van der Waals surface area contributed by atoms with Gasteiger partial charge in [0.25, 0.3) is 0 Å². The summed E-state index contributed by atoms with van der Waals surface area (Å²) in [6.07, 6.45) is 8.31. The van der Waals surface area contributed by atoms with E-state index in [2.05, 4.69) is 20.8 Å². The zero-order chi connectivity index (χ0) is 28.6. The molecule has 1 aromatic carbocycles. The Morgan fingerprint density at radius 2 is 1.93 bits per heavy atom. The molecular formula is C31H35Cl3O5S. The second kappa shape index (κ2) is 10.4. The van der Waals surface area contributed by atoms with Gasteiger partial charge in [-0.05, 0) is 68.2 Å². The summed E-state index contributed by atoms with van der Waals surface area (Å²) in [7, 11) is 0. The summed E-state index contributed by atoms with van der Waals surface area (Å²) in [6.45, 7) is 6.36. The molecule has 9 atom stereocenters. The summed E-state index contributed by atoms with van der Waals surface area (Å²) in [5.74, 6) is 0.353. The SMILES string of the molecule is CCCC1O[C@@H]2CC3C4CCC5=CC(=O)C=CC5(C)C4[C@@H](O)CC3(C)[C@]2(C(=O)CSc2c(Cl)cc(Cl)cc2Cl)O1.